The number of amides is 1. The summed E-state index contributed by atoms with van der Waals surface area (Å²) in [6, 6.07) is 0. The first-order chi connectivity index (χ1) is 8.91. The summed E-state index contributed by atoms with van der Waals surface area (Å²) in [6.07, 6.45) is 0.296. The van der Waals surface area contributed by atoms with Crippen molar-refractivity contribution >= 4 is 11.9 Å². The molecule has 0 aliphatic heterocycles. The van der Waals surface area contributed by atoms with Crippen molar-refractivity contribution in [3.05, 3.63) is 0 Å². The van der Waals surface area contributed by atoms with Gasteiger partial charge in [-0.1, -0.05) is 13.8 Å². The molecule has 0 bridgehead atoms. The second-order valence-corrected chi connectivity index (χ2v) is 7.27. The fourth-order valence-electron chi connectivity index (χ4n) is 1.95. The zero-order valence-corrected chi connectivity index (χ0v) is 14.0. The predicted octanol–water partition coefficient (Wildman–Crippen LogP) is 1.81. The van der Waals surface area contributed by atoms with E-state index in [1.165, 1.54) is 0 Å². The maximum Gasteiger partial charge on any atom is 0.306 e. The van der Waals surface area contributed by atoms with Gasteiger partial charge in [0.25, 0.3) is 0 Å². The summed E-state index contributed by atoms with van der Waals surface area (Å²) in [5, 5.41) is 2.87. The van der Waals surface area contributed by atoms with E-state index < -0.39 is 5.60 Å². The molecule has 0 unspecified atom stereocenters. The molecular weight excluding hydrogens is 256 g/mol. The SMILES string of the molecule is CN(C)CC(C)(C)CNC(=O)CCC(=O)OC(C)(C)C. The van der Waals surface area contributed by atoms with Crippen LogP contribution in [0, 0.1) is 5.41 Å². The van der Waals surface area contributed by atoms with Gasteiger partial charge in [0.2, 0.25) is 5.91 Å². The third-order valence-electron chi connectivity index (χ3n) is 2.48. The molecule has 0 spiro atoms. The standard InChI is InChI=1S/C15H30N2O3/c1-14(2,3)20-13(19)9-8-12(18)16-10-15(4,5)11-17(6)7/h8-11H2,1-7H3,(H,16,18). The Morgan fingerprint density at radius 2 is 1.60 bits per heavy atom. The van der Waals surface area contributed by atoms with Crippen molar-refractivity contribution in [3.63, 3.8) is 0 Å². The van der Waals surface area contributed by atoms with Crippen LogP contribution >= 0.6 is 0 Å². The molecular formula is C15H30N2O3. The molecule has 0 fully saturated rings. The Morgan fingerprint density at radius 1 is 1.05 bits per heavy atom. The van der Waals surface area contributed by atoms with Gasteiger partial charge in [0.15, 0.2) is 0 Å². The molecule has 5 nitrogen and oxygen atoms in total. The van der Waals surface area contributed by atoms with Crippen molar-refractivity contribution in [1.82, 2.24) is 10.2 Å². The van der Waals surface area contributed by atoms with E-state index in [0.29, 0.717) is 6.54 Å². The van der Waals surface area contributed by atoms with Crippen LogP contribution in [0.3, 0.4) is 0 Å². The first kappa shape index (κ1) is 18.9. The van der Waals surface area contributed by atoms with E-state index in [1.807, 2.05) is 34.9 Å². The van der Waals surface area contributed by atoms with E-state index in [2.05, 4.69) is 24.1 Å². The van der Waals surface area contributed by atoms with Gasteiger partial charge in [-0.05, 0) is 40.3 Å². The average Bonchev–Trinajstić information content (AvgIpc) is 2.19. The lowest BCUT2D eigenvalue weighted by molar-refractivity contribution is -0.155. The number of ether oxygens (including phenoxy) is 1. The highest BCUT2D eigenvalue weighted by Gasteiger charge is 2.21. The van der Waals surface area contributed by atoms with Crippen molar-refractivity contribution in [2.75, 3.05) is 27.2 Å². The lowest BCUT2D eigenvalue weighted by Crippen LogP contribution is -2.40. The first-order valence-corrected chi connectivity index (χ1v) is 7.04. The minimum Gasteiger partial charge on any atom is -0.460 e. The number of carbonyl (C=O) groups excluding carboxylic acids is 2. The lowest BCUT2D eigenvalue weighted by Gasteiger charge is -2.28. The summed E-state index contributed by atoms with van der Waals surface area (Å²) in [5.74, 6) is -0.442. The van der Waals surface area contributed by atoms with Crippen LogP contribution in [0.25, 0.3) is 0 Å². The molecule has 0 aliphatic carbocycles. The van der Waals surface area contributed by atoms with Crippen LogP contribution < -0.4 is 5.32 Å². The Labute approximate surface area is 123 Å². The van der Waals surface area contributed by atoms with Gasteiger partial charge in [0.05, 0.1) is 6.42 Å². The molecule has 1 N–H and O–H groups in total. The molecule has 118 valence electrons. The van der Waals surface area contributed by atoms with Crippen molar-refractivity contribution in [1.29, 1.82) is 0 Å². The number of nitrogens with zero attached hydrogens (tertiary/aromatic N) is 1. The third kappa shape index (κ3) is 10.8. The van der Waals surface area contributed by atoms with E-state index in [1.54, 1.807) is 0 Å². The number of carbonyl (C=O) groups is 2. The molecule has 0 aliphatic rings. The van der Waals surface area contributed by atoms with Gasteiger partial charge in [-0.2, -0.15) is 0 Å². The lowest BCUT2D eigenvalue weighted by atomic mass is 9.93. The van der Waals surface area contributed by atoms with E-state index in [4.69, 9.17) is 4.74 Å². The molecule has 0 aromatic carbocycles. The van der Waals surface area contributed by atoms with Crippen molar-refractivity contribution in [2.45, 2.75) is 53.1 Å². The maximum atomic E-state index is 11.7. The summed E-state index contributed by atoms with van der Waals surface area (Å²) < 4.78 is 5.16. The van der Waals surface area contributed by atoms with E-state index in [0.717, 1.165) is 6.54 Å². The average molecular weight is 286 g/mol. The van der Waals surface area contributed by atoms with Crippen molar-refractivity contribution in [3.8, 4) is 0 Å². The second-order valence-electron chi connectivity index (χ2n) is 7.27. The summed E-state index contributed by atoms with van der Waals surface area (Å²) in [5.41, 5.74) is -0.494. The smallest absolute Gasteiger partial charge is 0.306 e. The fourth-order valence-corrected chi connectivity index (χ4v) is 1.95. The van der Waals surface area contributed by atoms with Crippen LogP contribution in [0.4, 0.5) is 0 Å². The molecule has 0 aromatic rings. The molecule has 1 amide bonds. The minimum absolute atomic E-state index is 0.00504. The van der Waals surface area contributed by atoms with Crippen LogP contribution in [-0.4, -0.2) is 49.6 Å². The summed E-state index contributed by atoms with van der Waals surface area (Å²) in [7, 11) is 4.01. The largest absolute Gasteiger partial charge is 0.460 e. The molecule has 0 rings (SSSR count). The maximum absolute atomic E-state index is 11.7. The van der Waals surface area contributed by atoms with Gasteiger partial charge in [-0.25, -0.2) is 0 Å². The number of rotatable bonds is 7. The monoisotopic (exact) mass is 286 g/mol. The number of hydrogen-bond acceptors (Lipinski definition) is 4. The summed E-state index contributed by atoms with van der Waals surface area (Å²) in [4.78, 5) is 25.3. The van der Waals surface area contributed by atoms with Crippen LogP contribution in [-0.2, 0) is 14.3 Å². The van der Waals surface area contributed by atoms with Crippen molar-refractivity contribution in [2.24, 2.45) is 5.41 Å². The normalized spacial score (nSPS) is 12.4. The van der Waals surface area contributed by atoms with Crippen molar-refractivity contribution < 1.29 is 14.3 Å². The van der Waals surface area contributed by atoms with Crippen LogP contribution in [0.15, 0.2) is 0 Å². The topological polar surface area (TPSA) is 58.6 Å². The number of hydrogen-bond donors (Lipinski definition) is 1. The quantitative estimate of drug-likeness (QED) is 0.725. The molecule has 5 heteroatoms. The molecule has 0 heterocycles. The second kappa shape index (κ2) is 7.62. The highest BCUT2D eigenvalue weighted by molar-refractivity contribution is 5.81. The van der Waals surface area contributed by atoms with Crippen LogP contribution in [0.2, 0.25) is 0 Å². The highest BCUT2D eigenvalue weighted by atomic mass is 16.6. The number of nitrogens with one attached hydrogen (secondary N) is 1. The Morgan fingerprint density at radius 3 is 2.05 bits per heavy atom. The first-order valence-electron chi connectivity index (χ1n) is 7.04. The molecule has 20 heavy (non-hydrogen) atoms. The highest BCUT2D eigenvalue weighted by Crippen LogP contribution is 2.14. The van der Waals surface area contributed by atoms with E-state index in [9.17, 15) is 9.59 Å². The van der Waals surface area contributed by atoms with Gasteiger partial charge in [-0.15, -0.1) is 0 Å². The predicted molar refractivity (Wildman–Crippen MR) is 80.4 cm³/mol. The van der Waals surface area contributed by atoms with Crippen LogP contribution in [0.5, 0.6) is 0 Å². The zero-order valence-electron chi connectivity index (χ0n) is 14.0. The third-order valence-corrected chi connectivity index (χ3v) is 2.48. The van der Waals surface area contributed by atoms with Gasteiger partial charge in [0, 0.05) is 19.5 Å². The zero-order chi connectivity index (χ0) is 16.0. The van der Waals surface area contributed by atoms with Gasteiger partial charge < -0.3 is 15.0 Å². The Bertz CT molecular complexity index is 331. The van der Waals surface area contributed by atoms with E-state index in [-0.39, 0.29) is 30.1 Å². The van der Waals surface area contributed by atoms with E-state index >= 15 is 0 Å². The Balaban J connectivity index is 3.98. The van der Waals surface area contributed by atoms with Gasteiger partial charge in [-0.3, -0.25) is 9.59 Å². The van der Waals surface area contributed by atoms with Gasteiger partial charge in [0.1, 0.15) is 5.60 Å². The fraction of sp³-hybridized carbons (Fsp3) is 0.867. The molecule has 0 saturated heterocycles. The summed E-state index contributed by atoms with van der Waals surface area (Å²) >= 11 is 0. The molecule has 0 radical (unpaired) electrons. The molecule has 0 atom stereocenters. The summed E-state index contributed by atoms with van der Waals surface area (Å²) in [6.45, 7) is 11.1. The van der Waals surface area contributed by atoms with Gasteiger partial charge >= 0.3 is 5.97 Å². The Kier molecular flexibility index (Phi) is 7.20. The Hall–Kier alpha value is -1.10. The number of esters is 1. The molecule has 0 aromatic heterocycles. The minimum atomic E-state index is -0.499. The van der Waals surface area contributed by atoms with Crippen LogP contribution in [0.1, 0.15) is 47.5 Å². The molecule has 0 saturated carbocycles.